The summed E-state index contributed by atoms with van der Waals surface area (Å²) in [7, 11) is 1.58. The molecule has 0 spiro atoms. The average molecular weight is 342 g/mol. The molecule has 0 aliphatic rings. The number of aliphatic hydroxyl groups excluding tert-OH is 1. The summed E-state index contributed by atoms with van der Waals surface area (Å²) >= 11 is 7.63. The minimum absolute atomic E-state index is 0.00285. The van der Waals surface area contributed by atoms with Crippen molar-refractivity contribution >= 4 is 38.9 Å². The summed E-state index contributed by atoms with van der Waals surface area (Å²) in [6.07, 6.45) is 0.730. The van der Waals surface area contributed by atoms with E-state index in [9.17, 15) is 4.79 Å². The highest BCUT2D eigenvalue weighted by molar-refractivity contribution is 7.17. The summed E-state index contributed by atoms with van der Waals surface area (Å²) in [6, 6.07) is 5.70. The van der Waals surface area contributed by atoms with E-state index in [-0.39, 0.29) is 18.9 Å². The normalized spacial score (nSPS) is 14.0. The van der Waals surface area contributed by atoms with Crippen molar-refractivity contribution in [3.8, 4) is 0 Å². The van der Waals surface area contributed by atoms with Crippen molar-refractivity contribution in [2.24, 2.45) is 0 Å². The Morgan fingerprint density at radius 2 is 2.27 bits per heavy atom. The van der Waals surface area contributed by atoms with Crippen LogP contribution in [0.3, 0.4) is 0 Å². The van der Waals surface area contributed by atoms with Gasteiger partial charge in [0.15, 0.2) is 0 Å². The summed E-state index contributed by atoms with van der Waals surface area (Å²) < 4.78 is 6.25. The molecule has 0 radical (unpaired) electrons. The van der Waals surface area contributed by atoms with Gasteiger partial charge in [-0.3, -0.25) is 4.79 Å². The number of hydrogen-bond donors (Lipinski definition) is 2. The van der Waals surface area contributed by atoms with E-state index in [0.717, 1.165) is 15.6 Å². The third-order valence-electron chi connectivity index (χ3n) is 3.53. The fourth-order valence-electron chi connectivity index (χ4n) is 2.48. The van der Waals surface area contributed by atoms with Crippen LogP contribution < -0.4 is 5.32 Å². The van der Waals surface area contributed by atoms with Gasteiger partial charge in [-0.05, 0) is 47.9 Å². The molecule has 1 unspecified atom stereocenters. The molecule has 0 saturated carbocycles. The van der Waals surface area contributed by atoms with E-state index < -0.39 is 5.54 Å². The lowest BCUT2D eigenvalue weighted by Gasteiger charge is -2.29. The van der Waals surface area contributed by atoms with Crippen molar-refractivity contribution in [1.29, 1.82) is 0 Å². The van der Waals surface area contributed by atoms with Gasteiger partial charge in [-0.25, -0.2) is 0 Å². The van der Waals surface area contributed by atoms with Gasteiger partial charge in [0.25, 0.3) is 0 Å². The van der Waals surface area contributed by atoms with Gasteiger partial charge in [0.1, 0.15) is 0 Å². The van der Waals surface area contributed by atoms with E-state index in [1.165, 1.54) is 0 Å². The average Bonchev–Trinajstić information content (AvgIpc) is 2.81. The zero-order chi connectivity index (χ0) is 16.2. The van der Waals surface area contributed by atoms with Crippen molar-refractivity contribution in [2.75, 3.05) is 20.3 Å². The number of benzene rings is 1. The van der Waals surface area contributed by atoms with Crippen LogP contribution in [0.25, 0.3) is 10.1 Å². The van der Waals surface area contributed by atoms with Crippen LogP contribution in [0.1, 0.15) is 18.9 Å². The first kappa shape index (κ1) is 17.2. The molecule has 0 bridgehead atoms. The van der Waals surface area contributed by atoms with Crippen molar-refractivity contribution in [1.82, 2.24) is 5.32 Å². The quantitative estimate of drug-likeness (QED) is 0.814. The maximum Gasteiger partial charge on any atom is 0.224 e. The molecular formula is C16H20ClNO3S. The maximum absolute atomic E-state index is 12.3. The van der Waals surface area contributed by atoms with Crippen molar-refractivity contribution in [3.05, 3.63) is 34.2 Å². The molecule has 0 fully saturated rings. The third kappa shape index (κ3) is 4.20. The Balaban J connectivity index is 2.11. The molecular weight excluding hydrogens is 322 g/mol. The lowest BCUT2D eigenvalue weighted by molar-refractivity contribution is -0.123. The Morgan fingerprint density at radius 3 is 2.95 bits per heavy atom. The van der Waals surface area contributed by atoms with Crippen LogP contribution in [-0.2, 0) is 16.0 Å². The fourth-order valence-corrected chi connectivity index (χ4v) is 3.60. The number of thiophene rings is 1. The first-order valence-corrected chi connectivity index (χ1v) is 8.29. The molecule has 2 N–H and O–H groups in total. The largest absolute Gasteiger partial charge is 0.396 e. The first-order chi connectivity index (χ1) is 10.5. The molecule has 120 valence electrons. The Labute approximate surface area is 139 Å². The van der Waals surface area contributed by atoms with Crippen LogP contribution >= 0.6 is 22.9 Å². The van der Waals surface area contributed by atoms with Crippen LogP contribution in [-0.4, -0.2) is 36.9 Å². The molecule has 1 amide bonds. The second-order valence-electron chi connectivity index (χ2n) is 5.59. The van der Waals surface area contributed by atoms with Gasteiger partial charge in [0.05, 0.1) is 18.6 Å². The zero-order valence-corrected chi connectivity index (χ0v) is 14.3. The number of halogens is 1. The second-order valence-corrected chi connectivity index (χ2v) is 6.94. The number of rotatable bonds is 7. The van der Waals surface area contributed by atoms with E-state index >= 15 is 0 Å². The second kappa shape index (κ2) is 7.42. The number of aliphatic hydroxyl groups is 1. The monoisotopic (exact) mass is 341 g/mol. The molecule has 6 heteroatoms. The number of carbonyl (C=O) groups excluding carboxylic acids is 1. The summed E-state index contributed by atoms with van der Waals surface area (Å²) in [6.45, 7) is 2.22. The molecule has 0 saturated heterocycles. The minimum atomic E-state index is -0.565. The van der Waals surface area contributed by atoms with Crippen LogP contribution in [0.15, 0.2) is 23.6 Å². The van der Waals surface area contributed by atoms with E-state index in [4.69, 9.17) is 21.4 Å². The molecule has 1 aromatic heterocycles. The van der Waals surface area contributed by atoms with Gasteiger partial charge < -0.3 is 15.2 Å². The molecule has 1 heterocycles. The smallest absolute Gasteiger partial charge is 0.224 e. The van der Waals surface area contributed by atoms with Gasteiger partial charge >= 0.3 is 0 Å². The van der Waals surface area contributed by atoms with Crippen LogP contribution in [0, 0.1) is 0 Å². The van der Waals surface area contributed by atoms with E-state index in [0.29, 0.717) is 18.1 Å². The number of methoxy groups -OCH3 is 1. The van der Waals surface area contributed by atoms with Crippen LogP contribution in [0.2, 0.25) is 5.02 Å². The summed E-state index contributed by atoms with van der Waals surface area (Å²) in [5.74, 6) is -0.0901. The molecule has 0 aliphatic heterocycles. The number of fused-ring (bicyclic) bond motifs is 1. The molecule has 4 nitrogen and oxygen atoms in total. The molecule has 1 atom stereocenters. The van der Waals surface area contributed by atoms with E-state index in [1.54, 1.807) is 18.4 Å². The number of ether oxygens (including phenoxy) is 1. The number of amides is 1. The highest BCUT2D eigenvalue weighted by Crippen LogP contribution is 2.29. The number of nitrogens with one attached hydrogen (secondary N) is 1. The molecule has 2 rings (SSSR count). The van der Waals surface area contributed by atoms with Gasteiger partial charge in [0.2, 0.25) is 5.91 Å². The van der Waals surface area contributed by atoms with Gasteiger partial charge in [-0.15, -0.1) is 11.3 Å². The highest BCUT2D eigenvalue weighted by Gasteiger charge is 2.26. The Morgan fingerprint density at radius 1 is 1.50 bits per heavy atom. The highest BCUT2D eigenvalue weighted by atomic mass is 35.5. The summed E-state index contributed by atoms with van der Waals surface area (Å²) in [4.78, 5) is 12.3. The van der Waals surface area contributed by atoms with Crippen LogP contribution in [0.5, 0.6) is 0 Å². The van der Waals surface area contributed by atoms with E-state index in [2.05, 4.69) is 5.32 Å². The molecule has 2 aromatic rings. The standard InChI is InChI=1S/C16H20ClNO3S/c1-16(5-6-19,10-21-2)18-15(20)7-11-9-22-14-4-3-12(17)8-13(11)14/h3-4,8-9,19H,5-7,10H2,1-2H3,(H,18,20). The maximum atomic E-state index is 12.3. The van der Waals surface area contributed by atoms with Crippen LogP contribution in [0.4, 0.5) is 0 Å². The van der Waals surface area contributed by atoms with Gasteiger partial charge in [0, 0.05) is 23.4 Å². The summed E-state index contributed by atoms with van der Waals surface area (Å²) in [5, 5.41) is 15.8. The topological polar surface area (TPSA) is 58.6 Å². The fraction of sp³-hybridized carbons (Fsp3) is 0.438. The minimum Gasteiger partial charge on any atom is -0.396 e. The van der Waals surface area contributed by atoms with E-state index in [1.807, 2.05) is 30.5 Å². The summed E-state index contributed by atoms with van der Waals surface area (Å²) in [5.41, 5.74) is 0.396. The zero-order valence-electron chi connectivity index (χ0n) is 12.7. The predicted molar refractivity (Wildman–Crippen MR) is 90.7 cm³/mol. The predicted octanol–water partition coefficient (Wildman–Crippen LogP) is 3.00. The number of carbonyl (C=O) groups is 1. The SMILES string of the molecule is COCC(C)(CCO)NC(=O)Cc1csc2ccc(Cl)cc12. The molecule has 22 heavy (non-hydrogen) atoms. The lowest BCUT2D eigenvalue weighted by Crippen LogP contribution is -2.50. The van der Waals surface area contributed by atoms with Crippen molar-refractivity contribution in [2.45, 2.75) is 25.3 Å². The Kier molecular flexibility index (Phi) is 5.81. The Bertz CT molecular complexity index is 650. The molecule has 1 aromatic carbocycles. The van der Waals surface area contributed by atoms with Crippen molar-refractivity contribution in [3.63, 3.8) is 0 Å². The third-order valence-corrected chi connectivity index (χ3v) is 4.78. The number of hydrogen-bond acceptors (Lipinski definition) is 4. The first-order valence-electron chi connectivity index (χ1n) is 7.04. The van der Waals surface area contributed by atoms with Gasteiger partial charge in [-0.1, -0.05) is 11.6 Å². The Hall–Kier alpha value is -1.14. The van der Waals surface area contributed by atoms with Gasteiger partial charge in [-0.2, -0.15) is 0 Å². The molecule has 0 aliphatic carbocycles. The lowest BCUT2D eigenvalue weighted by atomic mass is 9.98. The van der Waals surface area contributed by atoms with Crippen molar-refractivity contribution < 1.29 is 14.6 Å².